The molecule has 1 fully saturated rings. The quantitative estimate of drug-likeness (QED) is 0.0528. The monoisotopic (exact) mass is 967 g/mol. The highest BCUT2D eigenvalue weighted by Crippen LogP contribution is 2.23. The SMILES string of the molecule is C[C@@H](OC(C)(C)C)[C@H](NC(=O)[C@H](Cc1ccc(F)cc1)NC(=O)[C@@H](Cc1c[nH]c2ccccc12)NC(=O)[C@@H](N)Cc1cccc2ccccc12)C(=O)N[C@@H](Cc1ccccc1)C(=O)N1CCC[C@H]1C(=O)O. The maximum Gasteiger partial charge on any atom is 0.326 e. The number of nitrogens with two attached hydrogens (primary N) is 1. The number of aromatic nitrogens is 1. The van der Waals surface area contributed by atoms with Gasteiger partial charge in [-0.25, -0.2) is 9.18 Å². The van der Waals surface area contributed by atoms with E-state index in [0.29, 0.717) is 23.1 Å². The Bertz CT molecular complexity index is 2840. The molecule has 0 radical (unpaired) electrons. The van der Waals surface area contributed by atoms with Crippen molar-refractivity contribution in [3.05, 3.63) is 156 Å². The summed E-state index contributed by atoms with van der Waals surface area (Å²) in [6.45, 7) is 7.09. The number of nitrogens with one attached hydrogen (secondary N) is 5. The third-order valence-corrected chi connectivity index (χ3v) is 12.7. The zero-order valence-corrected chi connectivity index (χ0v) is 40.3. The number of fused-ring (bicyclic) bond motifs is 2. The number of carboxylic acids is 1. The van der Waals surface area contributed by atoms with Crippen molar-refractivity contribution in [1.29, 1.82) is 0 Å². The number of likely N-dealkylation sites (tertiary alicyclic amines) is 1. The summed E-state index contributed by atoms with van der Waals surface area (Å²) in [4.78, 5) is 89.3. The summed E-state index contributed by atoms with van der Waals surface area (Å²) in [5.41, 5.74) is 9.28. The van der Waals surface area contributed by atoms with E-state index in [9.17, 15) is 38.3 Å². The summed E-state index contributed by atoms with van der Waals surface area (Å²) in [6, 6.07) is 27.8. The fourth-order valence-electron chi connectivity index (χ4n) is 9.22. The van der Waals surface area contributed by atoms with Crippen LogP contribution in [0, 0.1) is 5.82 Å². The van der Waals surface area contributed by atoms with Gasteiger partial charge >= 0.3 is 5.97 Å². The first-order valence-corrected chi connectivity index (χ1v) is 23.9. The van der Waals surface area contributed by atoms with Crippen LogP contribution in [0.5, 0.6) is 0 Å². The molecular weight excluding hydrogens is 906 g/mol. The molecule has 15 nitrogen and oxygen atoms in total. The Morgan fingerprint density at radius 3 is 2.00 bits per heavy atom. The smallest absolute Gasteiger partial charge is 0.326 e. The molecule has 1 aliphatic rings. The number of carbonyl (C=O) groups excluding carboxylic acids is 5. The van der Waals surface area contributed by atoms with Gasteiger partial charge in [-0.1, -0.05) is 103 Å². The number of nitrogens with zero attached hydrogens (tertiary/aromatic N) is 1. The highest BCUT2D eigenvalue weighted by molar-refractivity contribution is 5.97. The molecule has 372 valence electrons. The van der Waals surface area contributed by atoms with Crippen LogP contribution in [0.2, 0.25) is 0 Å². The van der Waals surface area contributed by atoms with Gasteiger partial charge in [0, 0.05) is 42.9 Å². The predicted molar refractivity (Wildman–Crippen MR) is 268 cm³/mol. The highest BCUT2D eigenvalue weighted by Gasteiger charge is 2.40. The number of hydrogen-bond donors (Lipinski definition) is 7. The van der Waals surface area contributed by atoms with Crippen LogP contribution in [0.25, 0.3) is 21.7 Å². The molecule has 7 atom stereocenters. The van der Waals surface area contributed by atoms with Crippen molar-refractivity contribution >= 4 is 57.2 Å². The molecule has 1 aliphatic heterocycles. The number of ether oxygens (including phenoxy) is 1. The molecule has 16 heteroatoms. The van der Waals surface area contributed by atoms with Gasteiger partial charge in [0.15, 0.2) is 0 Å². The van der Waals surface area contributed by atoms with Crippen LogP contribution in [-0.4, -0.2) is 105 Å². The van der Waals surface area contributed by atoms with Crippen molar-refractivity contribution in [3.8, 4) is 0 Å². The number of aromatic amines is 1. The van der Waals surface area contributed by atoms with Crippen molar-refractivity contribution in [2.24, 2.45) is 5.73 Å². The summed E-state index contributed by atoms with van der Waals surface area (Å²) in [7, 11) is 0. The summed E-state index contributed by atoms with van der Waals surface area (Å²) >= 11 is 0. The highest BCUT2D eigenvalue weighted by atomic mass is 19.1. The van der Waals surface area contributed by atoms with Crippen molar-refractivity contribution in [1.82, 2.24) is 31.2 Å². The van der Waals surface area contributed by atoms with Crippen LogP contribution >= 0.6 is 0 Å². The van der Waals surface area contributed by atoms with Gasteiger partial charge in [-0.05, 0) is 98.2 Å². The van der Waals surface area contributed by atoms with Gasteiger partial charge in [-0.2, -0.15) is 0 Å². The van der Waals surface area contributed by atoms with E-state index in [1.54, 1.807) is 64.2 Å². The number of carbonyl (C=O) groups is 6. The van der Waals surface area contributed by atoms with E-state index < -0.39 is 89.3 Å². The van der Waals surface area contributed by atoms with Gasteiger partial charge in [0.05, 0.1) is 17.7 Å². The lowest BCUT2D eigenvalue weighted by atomic mass is 9.98. The molecule has 7 rings (SSSR count). The molecule has 0 aliphatic carbocycles. The van der Waals surface area contributed by atoms with Crippen molar-refractivity contribution in [2.45, 2.75) is 114 Å². The predicted octanol–water partition coefficient (Wildman–Crippen LogP) is 5.28. The Balaban J connectivity index is 1.18. The Morgan fingerprint density at radius 1 is 0.690 bits per heavy atom. The lowest BCUT2D eigenvalue weighted by Gasteiger charge is -2.33. The van der Waals surface area contributed by atoms with Gasteiger partial charge in [-0.15, -0.1) is 0 Å². The van der Waals surface area contributed by atoms with E-state index in [-0.39, 0.29) is 38.6 Å². The number of H-pyrrole nitrogens is 1. The van der Waals surface area contributed by atoms with E-state index in [1.807, 2.05) is 66.7 Å². The van der Waals surface area contributed by atoms with Crippen LogP contribution in [0.3, 0.4) is 0 Å². The molecule has 1 aromatic heterocycles. The molecule has 2 heterocycles. The van der Waals surface area contributed by atoms with E-state index >= 15 is 0 Å². The Labute approximate surface area is 412 Å². The van der Waals surface area contributed by atoms with Crippen molar-refractivity contribution in [3.63, 3.8) is 0 Å². The molecule has 8 N–H and O–H groups in total. The van der Waals surface area contributed by atoms with Crippen molar-refractivity contribution in [2.75, 3.05) is 6.54 Å². The largest absolute Gasteiger partial charge is 0.480 e. The fraction of sp³-hybridized carbons (Fsp3) is 0.345. The minimum atomic E-state index is -1.47. The number of aliphatic carboxylic acids is 1. The minimum Gasteiger partial charge on any atom is -0.480 e. The maximum absolute atomic E-state index is 14.8. The lowest BCUT2D eigenvalue weighted by Crippen LogP contribution is -2.62. The molecule has 0 bridgehead atoms. The normalized spacial score (nSPS) is 16.3. The number of para-hydroxylation sites is 1. The van der Waals surface area contributed by atoms with E-state index in [0.717, 1.165) is 27.2 Å². The van der Waals surface area contributed by atoms with Crippen LogP contribution in [0.4, 0.5) is 4.39 Å². The number of amides is 5. The summed E-state index contributed by atoms with van der Waals surface area (Å²) < 4.78 is 20.5. The lowest BCUT2D eigenvalue weighted by molar-refractivity contribution is -0.150. The third-order valence-electron chi connectivity index (χ3n) is 12.7. The average Bonchev–Trinajstić information content (AvgIpc) is 4.01. The first-order valence-electron chi connectivity index (χ1n) is 23.9. The standard InChI is InChI=1S/C55H62FN7O8/c1-33(71-55(2,3)4)48(52(67)61-46(29-34-14-6-5-7-15-34)53(68)63-27-13-22-47(63)54(69)70)62-51(66)44(28-35-23-25-39(56)26-24-35)60-50(65)45(31-38-32-58-43-21-11-10-20-41(38)43)59-49(64)42(57)30-37-18-12-17-36-16-8-9-19-40(36)37/h5-12,14-21,23-26,32-33,42,44-48,58H,13,22,27-31,57H2,1-4H3,(H,59,64)(H,60,65)(H,61,67)(H,62,66)(H,69,70)/t33-,42+,44+,45-,46+,47+,48+/m1/s1. The second-order valence-corrected chi connectivity index (χ2v) is 19.2. The molecule has 1 saturated heterocycles. The first kappa shape index (κ1) is 51.4. The topological polar surface area (TPSA) is 225 Å². The average molecular weight is 968 g/mol. The molecule has 6 aromatic rings. The number of halogens is 1. The van der Waals surface area contributed by atoms with Gasteiger partial charge < -0.3 is 46.7 Å². The zero-order valence-electron chi connectivity index (χ0n) is 40.3. The molecule has 71 heavy (non-hydrogen) atoms. The molecular formula is C55H62FN7O8. The second-order valence-electron chi connectivity index (χ2n) is 19.2. The third kappa shape index (κ3) is 13.5. The Hall–Kier alpha value is -7.43. The second kappa shape index (κ2) is 23.0. The van der Waals surface area contributed by atoms with Crippen molar-refractivity contribution < 1.29 is 43.0 Å². The number of rotatable bonds is 20. The summed E-state index contributed by atoms with van der Waals surface area (Å²) in [5.74, 6) is -5.24. The van der Waals surface area contributed by atoms with Crippen LogP contribution in [0.15, 0.2) is 128 Å². The molecule has 0 saturated carbocycles. The van der Waals surface area contributed by atoms with Crippen LogP contribution < -0.4 is 27.0 Å². The van der Waals surface area contributed by atoms with Crippen LogP contribution in [0.1, 0.15) is 62.8 Å². The number of hydrogen-bond acceptors (Lipinski definition) is 8. The molecule has 5 amide bonds. The first-order chi connectivity index (χ1) is 33.9. The number of carboxylic acid groups (broad SMARTS) is 1. The minimum absolute atomic E-state index is 0.00840. The van der Waals surface area contributed by atoms with E-state index in [1.165, 1.54) is 29.2 Å². The Kier molecular flexibility index (Phi) is 16.7. The van der Waals surface area contributed by atoms with Gasteiger partial charge in [-0.3, -0.25) is 24.0 Å². The van der Waals surface area contributed by atoms with Gasteiger partial charge in [0.1, 0.15) is 36.0 Å². The van der Waals surface area contributed by atoms with Gasteiger partial charge in [0.2, 0.25) is 29.5 Å². The van der Waals surface area contributed by atoms with E-state index in [4.69, 9.17) is 10.5 Å². The van der Waals surface area contributed by atoms with Crippen LogP contribution in [-0.2, 0) is 59.2 Å². The molecule has 0 spiro atoms. The fourth-order valence-corrected chi connectivity index (χ4v) is 9.22. The van der Waals surface area contributed by atoms with Gasteiger partial charge in [0.25, 0.3) is 0 Å². The Morgan fingerprint density at radius 2 is 1.28 bits per heavy atom. The molecule has 0 unspecified atom stereocenters. The maximum atomic E-state index is 14.8. The zero-order chi connectivity index (χ0) is 50.8. The summed E-state index contributed by atoms with van der Waals surface area (Å²) in [6.07, 6.45) is 1.45. The number of benzene rings is 5. The summed E-state index contributed by atoms with van der Waals surface area (Å²) in [5, 5.41) is 24.0. The van der Waals surface area contributed by atoms with E-state index in [2.05, 4.69) is 26.3 Å². The molecule has 5 aromatic carbocycles.